The van der Waals surface area contributed by atoms with Crippen molar-refractivity contribution in [2.24, 2.45) is 0 Å². The number of nitrogens with zero attached hydrogens (tertiary/aromatic N) is 2. The normalized spacial score (nSPS) is 26.2. The first-order valence-electron chi connectivity index (χ1n) is 10.4. The lowest BCUT2D eigenvalue weighted by Crippen LogP contribution is -2.60. The molecule has 3 saturated heterocycles. The van der Waals surface area contributed by atoms with Gasteiger partial charge in [-0.05, 0) is 6.42 Å². The van der Waals surface area contributed by atoms with Crippen LogP contribution in [0.2, 0.25) is 0 Å². The van der Waals surface area contributed by atoms with E-state index in [-0.39, 0.29) is 24.0 Å². The Morgan fingerprint density at radius 1 is 0.652 bits per heavy atom. The van der Waals surface area contributed by atoms with Gasteiger partial charge in [0, 0.05) is 38.8 Å². The van der Waals surface area contributed by atoms with Crippen molar-refractivity contribution in [1.29, 1.82) is 0 Å². The van der Waals surface area contributed by atoms with Gasteiger partial charge in [0.05, 0.1) is 0 Å². The lowest BCUT2D eigenvalue weighted by molar-refractivity contribution is 0.00885. The summed E-state index contributed by atoms with van der Waals surface area (Å²) in [7, 11) is 0. The topological polar surface area (TPSA) is 6.48 Å². The van der Waals surface area contributed by atoms with Crippen LogP contribution in [0, 0.1) is 0 Å². The van der Waals surface area contributed by atoms with E-state index in [0.717, 1.165) is 6.04 Å². The van der Waals surface area contributed by atoms with Crippen LogP contribution < -0.4 is 0 Å². The van der Waals surface area contributed by atoms with Crippen LogP contribution in [0.25, 0.3) is 0 Å². The van der Waals surface area contributed by atoms with Gasteiger partial charge in [0.1, 0.15) is 0 Å². The van der Waals surface area contributed by atoms with Crippen LogP contribution in [0.15, 0.2) is 0 Å². The zero-order chi connectivity index (χ0) is 15.5. The van der Waals surface area contributed by atoms with Crippen LogP contribution in [0.1, 0.15) is 90.4 Å². The first-order valence-corrected chi connectivity index (χ1v) is 10.4. The highest BCUT2D eigenvalue weighted by atomic mass is 127. The molecule has 0 saturated carbocycles. The van der Waals surface area contributed by atoms with Gasteiger partial charge in [-0.3, -0.25) is 9.80 Å². The first kappa shape index (κ1) is 21.7. The van der Waals surface area contributed by atoms with E-state index in [9.17, 15) is 0 Å². The van der Waals surface area contributed by atoms with Crippen LogP contribution in [-0.4, -0.2) is 48.6 Å². The average molecular weight is 436 g/mol. The Morgan fingerprint density at radius 3 is 1.57 bits per heavy atom. The largest absolute Gasteiger partial charge is 0.299 e. The Hall–Kier alpha value is 0.650. The minimum Gasteiger partial charge on any atom is -0.299 e. The fraction of sp³-hybridized carbons (Fsp3) is 1.00. The monoisotopic (exact) mass is 436 g/mol. The number of rotatable bonds is 13. The quantitative estimate of drug-likeness (QED) is 0.270. The molecular weight excluding hydrogens is 395 g/mol. The number of fused-ring (bicyclic) bond motifs is 3. The summed E-state index contributed by atoms with van der Waals surface area (Å²) < 4.78 is 0. The van der Waals surface area contributed by atoms with Crippen molar-refractivity contribution in [3.63, 3.8) is 0 Å². The van der Waals surface area contributed by atoms with E-state index in [1.165, 1.54) is 116 Å². The molecule has 0 spiro atoms. The minimum absolute atomic E-state index is 0. The predicted molar refractivity (Wildman–Crippen MR) is 113 cm³/mol. The van der Waals surface area contributed by atoms with Crippen molar-refractivity contribution in [1.82, 2.24) is 9.80 Å². The SMILES string of the molecule is CCCCCCCCCCCCCCC1CN2CCN1CC2.I. The lowest BCUT2D eigenvalue weighted by Gasteiger charge is -2.47. The number of hydrogen-bond donors (Lipinski definition) is 0. The summed E-state index contributed by atoms with van der Waals surface area (Å²) in [5, 5.41) is 0. The molecule has 0 amide bonds. The highest BCUT2D eigenvalue weighted by Gasteiger charge is 2.30. The van der Waals surface area contributed by atoms with Crippen molar-refractivity contribution in [2.75, 3.05) is 32.7 Å². The van der Waals surface area contributed by atoms with Gasteiger partial charge in [-0.2, -0.15) is 0 Å². The third-order valence-electron chi connectivity index (χ3n) is 5.78. The molecule has 138 valence electrons. The second-order valence-corrected chi connectivity index (χ2v) is 7.67. The zero-order valence-corrected chi connectivity index (χ0v) is 17.9. The molecule has 3 heteroatoms. The lowest BCUT2D eigenvalue weighted by atomic mass is 10.00. The van der Waals surface area contributed by atoms with E-state index < -0.39 is 0 Å². The van der Waals surface area contributed by atoms with E-state index in [0.29, 0.717) is 0 Å². The van der Waals surface area contributed by atoms with Crippen LogP contribution in [0.4, 0.5) is 0 Å². The summed E-state index contributed by atoms with van der Waals surface area (Å²) in [6.45, 7) is 8.99. The fourth-order valence-corrected chi connectivity index (χ4v) is 4.22. The minimum atomic E-state index is 0. The van der Waals surface area contributed by atoms with Crippen molar-refractivity contribution in [2.45, 2.75) is 96.4 Å². The maximum absolute atomic E-state index is 2.75. The highest BCUT2D eigenvalue weighted by Crippen LogP contribution is 2.20. The molecule has 0 aromatic rings. The molecule has 1 atom stereocenters. The van der Waals surface area contributed by atoms with Crippen LogP contribution >= 0.6 is 24.0 Å². The summed E-state index contributed by atoms with van der Waals surface area (Å²) in [4.78, 5) is 5.42. The molecule has 3 aliphatic heterocycles. The summed E-state index contributed by atoms with van der Waals surface area (Å²) in [6.07, 6.45) is 19.0. The molecular formula is C20H41IN2. The predicted octanol–water partition coefficient (Wildman–Crippen LogP) is 5.70. The summed E-state index contributed by atoms with van der Waals surface area (Å²) >= 11 is 0. The zero-order valence-electron chi connectivity index (χ0n) is 15.6. The summed E-state index contributed by atoms with van der Waals surface area (Å²) in [5.41, 5.74) is 0. The van der Waals surface area contributed by atoms with E-state index in [2.05, 4.69) is 16.7 Å². The molecule has 23 heavy (non-hydrogen) atoms. The van der Waals surface area contributed by atoms with Crippen molar-refractivity contribution >= 4 is 24.0 Å². The van der Waals surface area contributed by atoms with Gasteiger partial charge in [-0.1, -0.05) is 84.0 Å². The summed E-state index contributed by atoms with van der Waals surface area (Å²) in [5.74, 6) is 0. The first-order chi connectivity index (χ1) is 10.9. The van der Waals surface area contributed by atoms with Gasteiger partial charge in [-0.25, -0.2) is 0 Å². The second kappa shape index (κ2) is 13.9. The molecule has 0 aromatic carbocycles. The smallest absolute Gasteiger partial charge is 0.0224 e. The number of piperazine rings is 3. The molecule has 1 unspecified atom stereocenters. The van der Waals surface area contributed by atoms with E-state index in [1.54, 1.807) is 0 Å². The Labute approximate surface area is 162 Å². The summed E-state index contributed by atoms with van der Waals surface area (Å²) in [6, 6.07) is 0.894. The Balaban J connectivity index is 0.00000264. The molecule has 3 rings (SSSR count). The maximum atomic E-state index is 2.75. The molecule has 3 aliphatic rings. The third kappa shape index (κ3) is 9.06. The van der Waals surface area contributed by atoms with Crippen molar-refractivity contribution < 1.29 is 0 Å². The Bertz CT molecular complexity index is 264. The van der Waals surface area contributed by atoms with Gasteiger partial charge in [0.15, 0.2) is 0 Å². The average Bonchev–Trinajstić information content (AvgIpc) is 2.57. The van der Waals surface area contributed by atoms with E-state index in [4.69, 9.17) is 0 Å². The van der Waals surface area contributed by atoms with E-state index >= 15 is 0 Å². The molecule has 3 heterocycles. The Morgan fingerprint density at radius 2 is 1.13 bits per heavy atom. The number of unbranched alkanes of at least 4 members (excludes halogenated alkanes) is 11. The molecule has 0 aromatic heterocycles. The number of hydrogen-bond acceptors (Lipinski definition) is 2. The van der Waals surface area contributed by atoms with Crippen molar-refractivity contribution in [3.8, 4) is 0 Å². The van der Waals surface area contributed by atoms with Crippen LogP contribution in [-0.2, 0) is 0 Å². The van der Waals surface area contributed by atoms with E-state index in [1.807, 2.05) is 0 Å². The van der Waals surface area contributed by atoms with Crippen LogP contribution in [0.3, 0.4) is 0 Å². The van der Waals surface area contributed by atoms with Crippen LogP contribution in [0.5, 0.6) is 0 Å². The molecule has 0 aliphatic carbocycles. The molecule has 0 N–H and O–H groups in total. The molecule has 2 nitrogen and oxygen atoms in total. The molecule has 0 radical (unpaired) electrons. The number of halogens is 1. The fourth-order valence-electron chi connectivity index (χ4n) is 4.22. The van der Waals surface area contributed by atoms with Gasteiger partial charge < -0.3 is 0 Å². The molecule has 2 bridgehead atoms. The second-order valence-electron chi connectivity index (χ2n) is 7.67. The van der Waals surface area contributed by atoms with Gasteiger partial charge in [-0.15, -0.1) is 24.0 Å². The third-order valence-corrected chi connectivity index (χ3v) is 5.78. The molecule has 3 fully saturated rings. The Kier molecular flexibility index (Phi) is 13.1. The van der Waals surface area contributed by atoms with Gasteiger partial charge >= 0.3 is 0 Å². The standard InChI is InChI=1S/C20H40N2.HI/c1-2-3-4-5-6-7-8-9-10-11-12-13-14-20-19-21-15-17-22(20)18-16-21;/h20H,2-19H2,1H3;1H. The maximum Gasteiger partial charge on any atom is 0.0224 e. The van der Waals surface area contributed by atoms with Gasteiger partial charge in [0.25, 0.3) is 0 Å². The van der Waals surface area contributed by atoms with Crippen molar-refractivity contribution in [3.05, 3.63) is 0 Å². The highest BCUT2D eigenvalue weighted by molar-refractivity contribution is 14.0. The van der Waals surface area contributed by atoms with Gasteiger partial charge in [0.2, 0.25) is 0 Å².